The number of amides is 1. The Labute approximate surface area is 183 Å². The molecule has 1 amide bonds. The van der Waals surface area contributed by atoms with Crippen LogP contribution in [0.4, 0.5) is 5.69 Å². The van der Waals surface area contributed by atoms with Crippen molar-refractivity contribution in [3.8, 4) is 17.2 Å². The van der Waals surface area contributed by atoms with Crippen molar-refractivity contribution in [2.24, 2.45) is 0 Å². The van der Waals surface area contributed by atoms with Crippen molar-refractivity contribution in [3.05, 3.63) is 66.7 Å². The highest BCUT2D eigenvalue weighted by atomic mass is 16.5. The first-order chi connectivity index (χ1) is 15.6. The van der Waals surface area contributed by atoms with Gasteiger partial charge in [0.05, 0.1) is 36.2 Å². The molecule has 0 saturated heterocycles. The van der Waals surface area contributed by atoms with Gasteiger partial charge in [0.15, 0.2) is 11.4 Å². The summed E-state index contributed by atoms with van der Waals surface area (Å²) in [5.41, 5.74) is 2.97. The van der Waals surface area contributed by atoms with Crippen LogP contribution in [-0.2, 0) is 0 Å². The fraction of sp³-hybridized carbons (Fsp3) is 0.167. The van der Waals surface area contributed by atoms with Crippen LogP contribution in [0.5, 0.6) is 5.75 Å². The molecular formula is C24H21N5O3. The van der Waals surface area contributed by atoms with Crippen molar-refractivity contribution in [2.45, 2.75) is 19.9 Å². The predicted molar refractivity (Wildman–Crippen MR) is 122 cm³/mol. The van der Waals surface area contributed by atoms with Crippen LogP contribution >= 0.6 is 0 Å². The number of ether oxygens (including phenoxy) is 1. The van der Waals surface area contributed by atoms with Crippen LogP contribution in [0.1, 0.15) is 30.2 Å². The van der Waals surface area contributed by atoms with Crippen LogP contribution in [0, 0.1) is 0 Å². The fourth-order valence-electron chi connectivity index (χ4n) is 3.74. The van der Waals surface area contributed by atoms with Crippen LogP contribution in [0.25, 0.3) is 33.4 Å². The first-order valence-corrected chi connectivity index (χ1v) is 10.2. The Morgan fingerprint density at radius 2 is 2.03 bits per heavy atom. The molecule has 1 N–H and O–H groups in total. The van der Waals surface area contributed by atoms with E-state index < -0.39 is 0 Å². The fourth-order valence-corrected chi connectivity index (χ4v) is 3.74. The zero-order valence-corrected chi connectivity index (χ0v) is 17.9. The number of aromatic nitrogens is 4. The summed E-state index contributed by atoms with van der Waals surface area (Å²) in [7, 11) is 1.60. The predicted octanol–water partition coefficient (Wildman–Crippen LogP) is 5.08. The molecule has 8 heteroatoms. The van der Waals surface area contributed by atoms with E-state index in [1.54, 1.807) is 48.6 Å². The van der Waals surface area contributed by atoms with Gasteiger partial charge >= 0.3 is 0 Å². The van der Waals surface area contributed by atoms with Crippen LogP contribution in [-0.4, -0.2) is 32.8 Å². The summed E-state index contributed by atoms with van der Waals surface area (Å²) >= 11 is 0. The van der Waals surface area contributed by atoms with E-state index in [1.807, 2.05) is 38.1 Å². The van der Waals surface area contributed by atoms with Gasteiger partial charge in [0.1, 0.15) is 17.0 Å². The van der Waals surface area contributed by atoms with Crippen molar-refractivity contribution in [2.75, 3.05) is 12.4 Å². The average molecular weight is 427 g/mol. The molecule has 0 aliphatic rings. The Hall–Kier alpha value is -4.20. The molecule has 160 valence electrons. The monoisotopic (exact) mass is 427 g/mol. The molecule has 0 unspecified atom stereocenters. The number of nitrogens with zero attached hydrogens (tertiary/aromatic N) is 4. The lowest BCUT2D eigenvalue weighted by Gasteiger charge is -2.12. The second-order valence-corrected chi connectivity index (χ2v) is 7.62. The zero-order chi connectivity index (χ0) is 22.2. The summed E-state index contributed by atoms with van der Waals surface area (Å²) < 4.78 is 12.7. The highest BCUT2D eigenvalue weighted by Crippen LogP contribution is 2.31. The first-order valence-electron chi connectivity index (χ1n) is 10.2. The maximum atomic E-state index is 13.5. The lowest BCUT2D eigenvalue weighted by molar-refractivity contribution is 0.102. The van der Waals surface area contributed by atoms with E-state index in [2.05, 4.69) is 15.4 Å². The Bertz CT molecular complexity index is 1440. The number of carbonyl (C=O) groups excluding carboxylic acids is 1. The van der Waals surface area contributed by atoms with Gasteiger partial charge in [-0.1, -0.05) is 0 Å². The molecule has 1 aromatic carbocycles. The maximum Gasteiger partial charge on any atom is 0.256 e. The van der Waals surface area contributed by atoms with Gasteiger partial charge in [-0.2, -0.15) is 5.10 Å². The minimum Gasteiger partial charge on any atom is -0.494 e. The van der Waals surface area contributed by atoms with Crippen molar-refractivity contribution in [1.29, 1.82) is 0 Å². The normalized spacial score (nSPS) is 11.4. The second kappa shape index (κ2) is 7.81. The minimum atomic E-state index is -0.274. The summed E-state index contributed by atoms with van der Waals surface area (Å²) in [5.74, 6) is 0.948. The number of furan rings is 1. The summed E-state index contributed by atoms with van der Waals surface area (Å²) in [5, 5.41) is 8.94. The number of nitrogens with one attached hydrogen (secondary N) is 1. The number of hydrogen-bond acceptors (Lipinski definition) is 6. The Morgan fingerprint density at radius 1 is 1.16 bits per heavy atom. The second-order valence-electron chi connectivity index (χ2n) is 7.62. The standard InChI is InChI=1S/C24H21N5O3/c1-14(2)29-23-17(13-26-29)16(12-19(27-23)20-7-5-11-32-20)24(30)28-18-8-9-21(31-3)22-15(18)6-4-10-25-22/h4-14H,1-3H3,(H,28,30). The van der Waals surface area contributed by atoms with Gasteiger partial charge in [0, 0.05) is 17.6 Å². The van der Waals surface area contributed by atoms with E-state index in [9.17, 15) is 4.79 Å². The molecule has 5 aromatic rings. The number of carbonyl (C=O) groups is 1. The lowest BCUT2D eigenvalue weighted by Crippen LogP contribution is -2.14. The Balaban J connectivity index is 1.63. The SMILES string of the molecule is COc1ccc(NC(=O)c2cc(-c3ccco3)nc3c2cnn3C(C)C)c2cccnc12. The number of benzene rings is 1. The third-order valence-electron chi connectivity index (χ3n) is 5.27. The van der Waals surface area contributed by atoms with Crippen LogP contribution < -0.4 is 10.1 Å². The molecule has 32 heavy (non-hydrogen) atoms. The molecule has 5 rings (SSSR count). The molecule has 8 nitrogen and oxygen atoms in total. The molecular weight excluding hydrogens is 406 g/mol. The van der Waals surface area contributed by atoms with Crippen molar-refractivity contribution in [1.82, 2.24) is 19.7 Å². The molecule has 4 aromatic heterocycles. The smallest absolute Gasteiger partial charge is 0.256 e. The third-order valence-corrected chi connectivity index (χ3v) is 5.27. The van der Waals surface area contributed by atoms with Crippen molar-refractivity contribution >= 4 is 33.5 Å². The summed E-state index contributed by atoms with van der Waals surface area (Å²) in [6.45, 7) is 4.04. The topological polar surface area (TPSA) is 95.1 Å². The Morgan fingerprint density at radius 3 is 2.78 bits per heavy atom. The highest BCUT2D eigenvalue weighted by Gasteiger charge is 2.20. The van der Waals surface area contributed by atoms with E-state index in [1.165, 1.54) is 0 Å². The van der Waals surface area contributed by atoms with Gasteiger partial charge in [0.2, 0.25) is 0 Å². The molecule has 0 radical (unpaired) electrons. The number of methoxy groups -OCH3 is 1. The van der Waals surface area contributed by atoms with E-state index in [4.69, 9.17) is 14.1 Å². The molecule has 0 bridgehead atoms. The van der Waals surface area contributed by atoms with Crippen LogP contribution in [0.3, 0.4) is 0 Å². The number of anilines is 1. The van der Waals surface area contributed by atoms with Gasteiger partial charge in [-0.05, 0) is 56.3 Å². The van der Waals surface area contributed by atoms with E-state index in [0.29, 0.717) is 45.0 Å². The number of fused-ring (bicyclic) bond motifs is 2. The summed E-state index contributed by atoms with van der Waals surface area (Å²) in [6, 6.07) is 12.7. The number of hydrogen-bond donors (Lipinski definition) is 1. The summed E-state index contributed by atoms with van der Waals surface area (Å²) in [4.78, 5) is 22.6. The van der Waals surface area contributed by atoms with Gasteiger partial charge in [-0.25, -0.2) is 9.67 Å². The summed E-state index contributed by atoms with van der Waals surface area (Å²) in [6.07, 6.45) is 4.95. The molecule has 0 atom stereocenters. The molecule has 4 heterocycles. The minimum absolute atomic E-state index is 0.0827. The van der Waals surface area contributed by atoms with E-state index in [0.717, 1.165) is 5.39 Å². The Kier molecular flexibility index (Phi) is 4.82. The lowest BCUT2D eigenvalue weighted by atomic mass is 10.1. The zero-order valence-electron chi connectivity index (χ0n) is 17.9. The number of pyridine rings is 2. The van der Waals surface area contributed by atoms with Gasteiger partial charge < -0.3 is 14.5 Å². The quantitative estimate of drug-likeness (QED) is 0.420. The first kappa shape index (κ1) is 19.7. The van der Waals surface area contributed by atoms with Crippen LogP contribution in [0.15, 0.2) is 65.5 Å². The third kappa shape index (κ3) is 3.26. The van der Waals surface area contributed by atoms with Crippen molar-refractivity contribution < 1.29 is 13.9 Å². The largest absolute Gasteiger partial charge is 0.494 e. The molecule has 0 aliphatic heterocycles. The molecule has 0 fully saturated rings. The molecule has 0 aliphatic carbocycles. The van der Waals surface area contributed by atoms with Crippen molar-refractivity contribution in [3.63, 3.8) is 0 Å². The maximum absolute atomic E-state index is 13.5. The van der Waals surface area contributed by atoms with Gasteiger partial charge in [-0.3, -0.25) is 9.78 Å². The number of rotatable bonds is 5. The van der Waals surface area contributed by atoms with Gasteiger partial charge in [-0.15, -0.1) is 0 Å². The highest BCUT2D eigenvalue weighted by molar-refractivity contribution is 6.15. The van der Waals surface area contributed by atoms with E-state index >= 15 is 0 Å². The van der Waals surface area contributed by atoms with Gasteiger partial charge in [0.25, 0.3) is 5.91 Å². The molecule has 0 saturated carbocycles. The van der Waals surface area contributed by atoms with Crippen LogP contribution in [0.2, 0.25) is 0 Å². The van der Waals surface area contributed by atoms with E-state index in [-0.39, 0.29) is 11.9 Å². The molecule has 0 spiro atoms. The average Bonchev–Trinajstić information content (AvgIpc) is 3.48.